The molecule has 120 valence electrons. The summed E-state index contributed by atoms with van der Waals surface area (Å²) in [5, 5.41) is 9.66. The molecule has 0 radical (unpaired) electrons. The van der Waals surface area contributed by atoms with Crippen LogP contribution in [0.5, 0.6) is 0 Å². The van der Waals surface area contributed by atoms with Gasteiger partial charge in [-0.3, -0.25) is 4.79 Å². The summed E-state index contributed by atoms with van der Waals surface area (Å²) in [4.78, 5) is 14.6. The van der Waals surface area contributed by atoms with Crippen molar-refractivity contribution in [1.82, 2.24) is 0 Å². The van der Waals surface area contributed by atoms with Crippen molar-refractivity contribution < 1.29 is 4.79 Å². The smallest absolute Gasteiger partial charge is 0.258 e. The Hall–Kier alpha value is -3.38. The number of carbonyl (C=O) groups is 1. The van der Waals surface area contributed by atoms with E-state index in [2.05, 4.69) is 12.1 Å². The van der Waals surface area contributed by atoms with E-state index in [1.165, 1.54) is 0 Å². The first-order valence-corrected chi connectivity index (χ1v) is 8.27. The van der Waals surface area contributed by atoms with Gasteiger partial charge in [0.25, 0.3) is 5.91 Å². The molecule has 1 aliphatic heterocycles. The molecule has 25 heavy (non-hydrogen) atoms. The quantitative estimate of drug-likeness (QED) is 0.700. The van der Waals surface area contributed by atoms with Crippen molar-refractivity contribution in [2.75, 3.05) is 11.4 Å². The Morgan fingerprint density at radius 1 is 0.920 bits per heavy atom. The zero-order valence-corrected chi connectivity index (χ0v) is 13.6. The average molecular weight is 324 g/mol. The number of rotatable bonds is 2. The molecule has 3 aromatic carbocycles. The maximum absolute atomic E-state index is 12.8. The van der Waals surface area contributed by atoms with E-state index >= 15 is 0 Å². The van der Waals surface area contributed by atoms with Gasteiger partial charge in [0.1, 0.15) is 6.07 Å². The highest BCUT2D eigenvalue weighted by molar-refractivity contribution is 6.08. The van der Waals surface area contributed by atoms with Crippen LogP contribution in [0.25, 0.3) is 11.1 Å². The van der Waals surface area contributed by atoms with E-state index in [0.29, 0.717) is 17.7 Å². The van der Waals surface area contributed by atoms with Gasteiger partial charge in [-0.05, 0) is 47.4 Å². The summed E-state index contributed by atoms with van der Waals surface area (Å²) >= 11 is 0. The predicted octanol–water partition coefficient (Wildman–Crippen LogP) is 4.43. The predicted molar refractivity (Wildman–Crippen MR) is 98.4 cm³/mol. The maximum atomic E-state index is 12.8. The van der Waals surface area contributed by atoms with Crippen LogP contribution in [0, 0.1) is 11.3 Å². The van der Waals surface area contributed by atoms with Gasteiger partial charge in [0, 0.05) is 12.1 Å². The number of fused-ring (bicyclic) bond motifs is 1. The largest absolute Gasteiger partial charge is 0.306 e. The van der Waals surface area contributed by atoms with Crippen LogP contribution in [0.2, 0.25) is 0 Å². The van der Waals surface area contributed by atoms with E-state index in [1.54, 1.807) is 4.90 Å². The average Bonchev–Trinajstić information content (AvgIpc) is 3.12. The van der Waals surface area contributed by atoms with Gasteiger partial charge in [0.2, 0.25) is 0 Å². The van der Waals surface area contributed by atoms with Crippen LogP contribution in [0.15, 0.2) is 72.8 Å². The molecule has 0 N–H and O–H groups in total. The molecule has 0 spiro atoms. The molecule has 0 fully saturated rings. The fourth-order valence-electron chi connectivity index (χ4n) is 3.37. The number of benzene rings is 3. The second kappa shape index (κ2) is 6.26. The lowest BCUT2D eigenvalue weighted by Gasteiger charge is -2.19. The monoisotopic (exact) mass is 324 g/mol. The minimum atomic E-state index is -0.0525. The molecule has 3 aromatic rings. The van der Waals surface area contributed by atoms with Crippen LogP contribution in [0.1, 0.15) is 21.5 Å². The molecular weight excluding hydrogens is 308 g/mol. The standard InChI is InChI=1S/C22H16N2O/c23-15-20-14-19(16-7-3-1-4-8-16)13-18-11-12-24(21(18)20)22(25)17-9-5-2-6-10-17/h1-10,13-14H,11-12H2. The van der Waals surface area contributed by atoms with E-state index in [1.807, 2.05) is 66.7 Å². The van der Waals surface area contributed by atoms with Crippen LogP contribution in [-0.4, -0.2) is 12.5 Å². The molecule has 0 aromatic heterocycles. The summed E-state index contributed by atoms with van der Waals surface area (Å²) in [6.45, 7) is 0.607. The fourth-order valence-corrected chi connectivity index (χ4v) is 3.37. The third-order valence-electron chi connectivity index (χ3n) is 4.56. The fraction of sp³-hybridized carbons (Fsp3) is 0.0909. The first kappa shape index (κ1) is 15.2. The third-order valence-corrected chi connectivity index (χ3v) is 4.56. The van der Waals surface area contributed by atoms with Crippen LogP contribution in [0.4, 0.5) is 5.69 Å². The number of amides is 1. The van der Waals surface area contributed by atoms with Crippen molar-refractivity contribution in [1.29, 1.82) is 5.26 Å². The highest BCUT2D eigenvalue weighted by Crippen LogP contribution is 2.36. The van der Waals surface area contributed by atoms with Crippen molar-refractivity contribution in [3.8, 4) is 17.2 Å². The van der Waals surface area contributed by atoms with Crippen molar-refractivity contribution in [3.05, 3.63) is 89.5 Å². The Morgan fingerprint density at radius 3 is 2.28 bits per heavy atom. The van der Waals surface area contributed by atoms with E-state index in [9.17, 15) is 10.1 Å². The van der Waals surface area contributed by atoms with Gasteiger partial charge in [-0.1, -0.05) is 48.5 Å². The molecule has 0 bridgehead atoms. The summed E-state index contributed by atoms with van der Waals surface area (Å²) in [5.41, 5.74) is 5.11. The molecule has 0 saturated heterocycles. The van der Waals surface area contributed by atoms with E-state index < -0.39 is 0 Å². The summed E-state index contributed by atoms with van der Waals surface area (Å²) in [6, 6.07) is 25.5. The van der Waals surface area contributed by atoms with E-state index in [-0.39, 0.29) is 5.91 Å². The van der Waals surface area contributed by atoms with E-state index in [4.69, 9.17) is 0 Å². The third kappa shape index (κ3) is 2.68. The molecule has 0 atom stereocenters. The second-order valence-electron chi connectivity index (χ2n) is 6.08. The van der Waals surface area contributed by atoms with Gasteiger partial charge in [-0.25, -0.2) is 0 Å². The lowest BCUT2D eigenvalue weighted by Crippen LogP contribution is -2.29. The second-order valence-corrected chi connectivity index (χ2v) is 6.08. The first-order valence-electron chi connectivity index (χ1n) is 8.27. The van der Waals surface area contributed by atoms with Crippen LogP contribution < -0.4 is 4.90 Å². The van der Waals surface area contributed by atoms with Crippen molar-refractivity contribution >= 4 is 11.6 Å². The molecular formula is C22H16N2O. The Labute approximate surface area is 146 Å². The highest BCUT2D eigenvalue weighted by atomic mass is 16.2. The van der Waals surface area contributed by atoms with Crippen LogP contribution in [0.3, 0.4) is 0 Å². The van der Waals surface area contributed by atoms with E-state index in [0.717, 1.165) is 28.8 Å². The minimum Gasteiger partial charge on any atom is -0.306 e. The highest BCUT2D eigenvalue weighted by Gasteiger charge is 2.29. The van der Waals surface area contributed by atoms with Crippen LogP contribution >= 0.6 is 0 Å². The van der Waals surface area contributed by atoms with Crippen LogP contribution in [-0.2, 0) is 6.42 Å². The van der Waals surface area contributed by atoms with Crippen molar-refractivity contribution in [2.45, 2.75) is 6.42 Å². The Bertz CT molecular complexity index is 972. The molecule has 0 unspecified atom stereocenters. The minimum absolute atomic E-state index is 0.0525. The summed E-state index contributed by atoms with van der Waals surface area (Å²) in [7, 11) is 0. The molecule has 3 nitrogen and oxygen atoms in total. The first-order chi connectivity index (χ1) is 12.3. The molecule has 1 amide bonds. The molecule has 1 aliphatic rings. The molecule has 0 aliphatic carbocycles. The van der Waals surface area contributed by atoms with Gasteiger partial charge >= 0.3 is 0 Å². The summed E-state index contributed by atoms with van der Waals surface area (Å²) in [5.74, 6) is -0.0525. The van der Waals surface area contributed by atoms with Gasteiger partial charge in [0.05, 0.1) is 11.3 Å². The molecule has 0 saturated carbocycles. The number of carbonyl (C=O) groups excluding carboxylic acids is 1. The Balaban J connectivity index is 1.78. The molecule has 1 heterocycles. The number of nitrogens with zero attached hydrogens (tertiary/aromatic N) is 2. The SMILES string of the molecule is N#Cc1cc(-c2ccccc2)cc2c1N(C(=O)c1ccccc1)CC2. The summed E-state index contributed by atoms with van der Waals surface area (Å²) in [6.07, 6.45) is 0.767. The molecule has 4 rings (SSSR count). The van der Waals surface area contributed by atoms with Gasteiger partial charge in [-0.2, -0.15) is 5.26 Å². The lowest BCUT2D eigenvalue weighted by molar-refractivity contribution is 0.0989. The Morgan fingerprint density at radius 2 is 1.60 bits per heavy atom. The molecule has 3 heteroatoms. The van der Waals surface area contributed by atoms with Crippen molar-refractivity contribution in [2.24, 2.45) is 0 Å². The number of hydrogen-bond acceptors (Lipinski definition) is 2. The topological polar surface area (TPSA) is 44.1 Å². The number of anilines is 1. The maximum Gasteiger partial charge on any atom is 0.258 e. The normalized spacial score (nSPS) is 12.5. The lowest BCUT2D eigenvalue weighted by atomic mass is 9.98. The van der Waals surface area contributed by atoms with Gasteiger partial charge in [-0.15, -0.1) is 0 Å². The van der Waals surface area contributed by atoms with Gasteiger partial charge < -0.3 is 4.90 Å². The zero-order valence-electron chi connectivity index (χ0n) is 13.6. The Kier molecular flexibility index (Phi) is 3.80. The zero-order chi connectivity index (χ0) is 17.2. The van der Waals surface area contributed by atoms with Gasteiger partial charge in [0.15, 0.2) is 0 Å². The van der Waals surface area contributed by atoms with Crippen molar-refractivity contribution in [3.63, 3.8) is 0 Å². The number of nitriles is 1. The summed E-state index contributed by atoms with van der Waals surface area (Å²) < 4.78 is 0. The number of hydrogen-bond donors (Lipinski definition) is 0.